The molecular weight excluding hydrogens is 396 g/mol. The first-order valence-corrected chi connectivity index (χ1v) is 10.1. The van der Waals surface area contributed by atoms with Crippen LogP contribution in [0.25, 0.3) is 11.6 Å². The number of carboxylic acids is 1. The molecule has 31 heavy (non-hydrogen) atoms. The Morgan fingerprint density at radius 3 is 2.45 bits per heavy atom. The maximum atomic E-state index is 13.2. The van der Waals surface area contributed by atoms with Gasteiger partial charge in [0.15, 0.2) is 5.78 Å². The molecule has 4 rings (SSSR count). The second kappa shape index (κ2) is 7.30. The largest absolute Gasteiger partial charge is 0.506 e. The first-order chi connectivity index (χ1) is 14.6. The lowest BCUT2D eigenvalue weighted by atomic mass is 9.83. The summed E-state index contributed by atoms with van der Waals surface area (Å²) in [4.78, 5) is 24.9. The molecule has 6 nitrogen and oxygen atoms in total. The molecule has 0 aromatic heterocycles. The van der Waals surface area contributed by atoms with Crippen molar-refractivity contribution in [1.82, 2.24) is 0 Å². The molecule has 0 aliphatic carbocycles. The lowest BCUT2D eigenvalue weighted by molar-refractivity contribution is -0.131. The molecule has 0 saturated carbocycles. The van der Waals surface area contributed by atoms with Gasteiger partial charge in [-0.05, 0) is 38.5 Å². The third-order valence-corrected chi connectivity index (χ3v) is 5.72. The van der Waals surface area contributed by atoms with Gasteiger partial charge in [0, 0.05) is 11.6 Å². The first-order valence-electron chi connectivity index (χ1n) is 10.1. The van der Waals surface area contributed by atoms with E-state index in [1.807, 2.05) is 26.0 Å². The van der Waals surface area contributed by atoms with Crippen molar-refractivity contribution in [3.05, 3.63) is 64.7 Å². The Hall–Kier alpha value is -3.54. The normalized spacial score (nSPS) is 21.5. The topological polar surface area (TPSA) is 93.1 Å². The van der Waals surface area contributed by atoms with Crippen LogP contribution in [0.15, 0.2) is 42.5 Å². The average molecular weight is 420 g/mol. The highest BCUT2D eigenvalue weighted by atomic mass is 16.5. The Kier molecular flexibility index (Phi) is 4.88. The Morgan fingerprint density at radius 1 is 1.13 bits per heavy atom. The van der Waals surface area contributed by atoms with Gasteiger partial charge < -0.3 is 19.7 Å². The van der Waals surface area contributed by atoms with E-state index in [1.54, 1.807) is 44.2 Å². The molecule has 0 radical (unpaired) electrons. The van der Waals surface area contributed by atoms with Gasteiger partial charge in [0.1, 0.15) is 34.5 Å². The number of ether oxygens (including phenoxy) is 2. The first kappa shape index (κ1) is 20.7. The molecular formula is C25H24O6. The quantitative estimate of drug-likeness (QED) is 0.700. The van der Waals surface area contributed by atoms with Crippen LogP contribution in [-0.4, -0.2) is 33.7 Å². The molecule has 2 aromatic carbocycles. The van der Waals surface area contributed by atoms with Crippen molar-refractivity contribution in [3.8, 4) is 17.2 Å². The fraction of sp³-hybridized carbons (Fsp3) is 0.280. The second-order valence-corrected chi connectivity index (χ2v) is 8.45. The summed E-state index contributed by atoms with van der Waals surface area (Å²) in [6.07, 6.45) is 4.29. The highest BCUT2D eigenvalue weighted by molar-refractivity contribution is 6.09. The van der Waals surface area contributed by atoms with Crippen molar-refractivity contribution in [3.63, 3.8) is 0 Å². The van der Waals surface area contributed by atoms with Crippen LogP contribution in [0.2, 0.25) is 0 Å². The average Bonchev–Trinajstić information content (AvgIpc) is 2.70. The number of ketones is 1. The van der Waals surface area contributed by atoms with Crippen LogP contribution < -0.4 is 9.47 Å². The number of Topliss-reactive ketones (excluding diaryl/α,β-unsaturated/α-hetero) is 1. The van der Waals surface area contributed by atoms with Gasteiger partial charge in [-0.15, -0.1) is 0 Å². The fourth-order valence-corrected chi connectivity index (χ4v) is 3.92. The van der Waals surface area contributed by atoms with E-state index in [0.29, 0.717) is 11.1 Å². The molecule has 2 atom stereocenters. The summed E-state index contributed by atoms with van der Waals surface area (Å²) in [5.41, 5.74) is 0.851. The smallest absolute Gasteiger partial charge is 0.328 e. The molecule has 2 aliphatic rings. The van der Waals surface area contributed by atoms with Crippen LogP contribution in [0.4, 0.5) is 0 Å². The van der Waals surface area contributed by atoms with E-state index in [4.69, 9.17) is 9.47 Å². The van der Waals surface area contributed by atoms with Crippen LogP contribution >= 0.6 is 0 Å². The van der Waals surface area contributed by atoms with Crippen LogP contribution in [0.5, 0.6) is 17.2 Å². The Labute approximate surface area is 180 Å². The second-order valence-electron chi connectivity index (χ2n) is 8.45. The summed E-state index contributed by atoms with van der Waals surface area (Å²) < 4.78 is 12.2. The zero-order chi connectivity index (χ0) is 22.5. The lowest BCUT2D eigenvalue weighted by Gasteiger charge is -2.35. The number of carbonyl (C=O) groups excluding carboxylic acids is 1. The summed E-state index contributed by atoms with van der Waals surface area (Å²) in [7, 11) is 0. The van der Waals surface area contributed by atoms with Gasteiger partial charge in [0.2, 0.25) is 0 Å². The van der Waals surface area contributed by atoms with Crippen molar-refractivity contribution >= 4 is 23.4 Å². The van der Waals surface area contributed by atoms with Gasteiger partial charge in [-0.3, -0.25) is 4.79 Å². The molecule has 0 spiro atoms. The van der Waals surface area contributed by atoms with Crippen molar-refractivity contribution in [1.29, 1.82) is 0 Å². The van der Waals surface area contributed by atoms with Gasteiger partial charge in [-0.2, -0.15) is 0 Å². The number of fused-ring (bicyclic) bond motifs is 3. The molecule has 0 saturated heterocycles. The predicted octanol–water partition coefficient (Wildman–Crippen LogP) is 4.69. The molecule has 2 heterocycles. The molecule has 2 N–H and O–H groups in total. The maximum absolute atomic E-state index is 13.2. The summed E-state index contributed by atoms with van der Waals surface area (Å²) in [6, 6.07) is 8.85. The van der Waals surface area contributed by atoms with Crippen molar-refractivity contribution < 1.29 is 29.3 Å². The monoisotopic (exact) mass is 420 g/mol. The number of hydrogen-bond donors (Lipinski definition) is 2. The van der Waals surface area contributed by atoms with Gasteiger partial charge >= 0.3 is 5.97 Å². The molecule has 0 unspecified atom stereocenters. The summed E-state index contributed by atoms with van der Waals surface area (Å²) in [5.74, 6) is -1.68. The van der Waals surface area contributed by atoms with Crippen LogP contribution in [0, 0.1) is 5.92 Å². The number of phenolic OH excluding ortho intramolecular Hbond substituents is 1. The van der Waals surface area contributed by atoms with E-state index in [0.717, 1.165) is 6.08 Å². The lowest BCUT2D eigenvalue weighted by Crippen LogP contribution is -2.35. The fourth-order valence-electron chi connectivity index (χ4n) is 3.92. The minimum atomic E-state index is -1.18. The minimum Gasteiger partial charge on any atom is -0.506 e. The van der Waals surface area contributed by atoms with Gasteiger partial charge in [-0.1, -0.05) is 37.3 Å². The zero-order valence-electron chi connectivity index (χ0n) is 17.8. The number of hydrogen-bond acceptors (Lipinski definition) is 5. The molecule has 2 aromatic rings. The minimum absolute atomic E-state index is 0.0551. The van der Waals surface area contributed by atoms with Gasteiger partial charge in [-0.25, -0.2) is 4.79 Å². The molecule has 6 heteroatoms. The molecule has 2 aliphatic heterocycles. The standard InChI is InChI=1S/C25H24O6/c1-13-14(2)30-23-16-10-11-25(3,4)31-24(16)19(22(29)20(23)21(13)28)17(12-18(26)27)15-8-6-5-7-9-15/h5-14,29H,1-4H3,(H,26,27)/t13-,14-/m1/s1. The number of rotatable bonds is 3. The van der Waals surface area contributed by atoms with Crippen LogP contribution in [-0.2, 0) is 4.79 Å². The SMILES string of the molecule is C[C@H]1Oc2c3c(c(C(=CC(=O)O)c4ccccc4)c(O)c2C(=O)[C@@H]1C)OC(C)(C)C=C3. The number of carbonyl (C=O) groups is 2. The van der Waals surface area contributed by atoms with E-state index < -0.39 is 17.5 Å². The number of carboxylic acid groups (broad SMARTS) is 1. The Morgan fingerprint density at radius 2 is 1.81 bits per heavy atom. The third kappa shape index (κ3) is 3.48. The van der Waals surface area contributed by atoms with E-state index in [9.17, 15) is 19.8 Å². The summed E-state index contributed by atoms with van der Waals surface area (Å²) >= 11 is 0. The van der Waals surface area contributed by atoms with Crippen molar-refractivity contribution in [2.75, 3.05) is 0 Å². The summed E-state index contributed by atoms with van der Waals surface area (Å²) in [6.45, 7) is 7.26. The van der Waals surface area contributed by atoms with E-state index >= 15 is 0 Å². The van der Waals surface area contributed by atoms with Gasteiger partial charge in [0.05, 0.1) is 17.0 Å². The van der Waals surface area contributed by atoms with Crippen LogP contribution in [0.3, 0.4) is 0 Å². The van der Waals surface area contributed by atoms with Crippen molar-refractivity contribution in [2.24, 2.45) is 5.92 Å². The van der Waals surface area contributed by atoms with Crippen LogP contribution in [0.1, 0.15) is 54.7 Å². The van der Waals surface area contributed by atoms with E-state index in [1.165, 1.54) is 0 Å². The highest BCUT2D eigenvalue weighted by Gasteiger charge is 2.40. The number of aliphatic carboxylic acids is 1. The van der Waals surface area contributed by atoms with E-state index in [-0.39, 0.29) is 45.8 Å². The Balaban J connectivity index is 2.11. The highest BCUT2D eigenvalue weighted by Crippen LogP contribution is 2.53. The third-order valence-electron chi connectivity index (χ3n) is 5.72. The molecule has 0 fully saturated rings. The predicted molar refractivity (Wildman–Crippen MR) is 117 cm³/mol. The number of phenols is 1. The van der Waals surface area contributed by atoms with E-state index in [2.05, 4.69) is 0 Å². The molecule has 160 valence electrons. The van der Waals surface area contributed by atoms with Gasteiger partial charge in [0.25, 0.3) is 0 Å². The number of benzene rings is 2. The maximum Gasteiger partial charge on any atom is 0.328 e. The molecule has 0 bridgehead atoms. The number of aromatic hydroxyl groups is 1. The zero-order valence-corrected chi connectivity index (χ0v) is 17.8. The van der Waals surface area contributed by atoms with Crippen molar-refractivity contribution in [2.45, 2.75) is 39.4 Å². The Bertz CT molecular complexity index is 1140. The summed E-state index contributed by atoms with van der Waals surface area (Å²) in [5, 5.41) is 20.9. The molecule has 0 amide bonds.